The van der Waals surface area contributed by atoms with E-state index in [9.17, 15) is 9.59 Å². The van der Waals surface area contributed by atoms with Crippen LogP contribution in [-0.4, -0.2) is 40.6 Å². The van der Waals surface area contributed by atoms with Gasteiger partial charge in [-0.25, -0.2) is 9.59 Å². The van der Waals surface area contributed by atoms with Gasteiger partial charge in [0.1, 0.15) is 6.04 Å². The highest BCUT2D eigenvalue weighted by Crippen LogP contribution is 2.22. The van der Waals surface area contributed by atoms with Gasteiger partial charge in [-0.05, 0) is 25.2 Å². The molecule has 0 spiro atoms. The number of rotatable bonds is 4. The van der Waals surface area contributed by atoms with E-state index in [4.69, 9.17) is 5.11 Å². The van der Waals surface area contributed by atoms with Crippen LogP contribution in [0.4, 0.5) is 4.79 Å². The van der Waals surface area contributed by atoms with Gasteiger partial charge in [0.05, 0.1) is 0 Å². The number of hydrogen-bond acceptors (Lipinski definition) is 2. The third-order valence-corrected chi connectivity index (χ3v) is 3.80. The average molecular weight is 256 g/mol. The number of aliphatic carboxylic acids is 1. The molecule has 0 aliphatic carbocycles. The molecule has 5 nitrogen and oxygen atoms in total. The summed E-state index contributed by atoms with van der Waals surface area (Å²) in [6, 6.07) is -0.864. The van der Waals surface area contributed by atoms with E-state index in [0.29, 0.717) is 12.5 Å². The van der Waals surface area contributed by atoms with E-state index >= 15 is 0 Å². The van der Waals surface area contributed by atoms with Crippen LogP contribution < -0.4 is 5.32 Å². The molecule has 1 aliphatic rings. The number of likely N-dealkylation sites (tertiary alicyclic amines) is 1. The summed E-state index contributed by atoms with van der Waals surface area (Å²) >= 11 is 0. The van der Waals surface area contributed by atoms with Crippen molar-refractivity contribution in [3.63, 3.8) is 0 Å². The minimum absolute atomic E-state index is 0.0678. The van der Waals surface area contributed by atoms with Gasteiger partial charge in [0.15, 0.2) is 0 Å². The Labute approximate surface area is 109 Å². The molecule has 18 heavy (non-hydrogen) atoms. The molecule has 1 fully saturated rings. The molecular formula is C13H24N2O3. The Hall–Kier alpha value is -1.26. The van der Waals surface area contributed by atoms with Crippen LogP contribution in [0.3, 0.4) is 0 Å². The van der Waals surface area contributed by atoms with Gasteiger partial charge in [-0.2, -0.15) is 0 Å². The molecule has 4 unspecified atom stereocenters. The van der Waals surface area contributed by atoms with Crippen LogP contribution in [0.2, 0.25) is 0 Å². The van der Waals surface area contributed by atoms with Gasteiger partial charge < -0.3 is 15.3 Å². The minimum atomic E-state index is -0.961. The van der Waals surface area contributed by atoms with Crippen molar-refractivity contribution < 1.29 is 14.7 Å². The molecule has 1 saturated heterocycles. The summed E-state index contributed by atoms with van der Waals surface area (Å²) in [5.41, 5.74) is 0. The third kappa shape index (κ3) is 3.37. The summed E-state index contributed by atoms with van der Waals surface area (Å²) in [6.45, 7) is 8.58. The van der Waals surface area contributed by atoms with Crippen LogP contribution in [0.5, 0.6) is 0 Å². The molecule has 0 saturated carbocycles. The summed E-state index contributed by atoms with van der Waals surface area (Å²) in [6.07, 6.45) is 1.71. The Bertz CT molecular complexity index is 319. The summed E-state index contributed by atoms with van der Waals surface area (Å²) in [5, 5.41) is 11.8. The Kier molecular flexibility index (Phi) is 4.99. The topological polar surface area (TPSA) is 69.6 Å². The molecule has 1 rings (SSSR count). The molecule has 0 aromatic rings. The van der Waals surface area contributed by atoms with Crippen molar-refractivity contribution in [2.75, 3.05) is 6.54 Å². The van der Waals surface area contributed by atoms with Crippen molar-refractivity contribution in [1.82, 2.24) is 10.2 Å². The molecule has 0 aromatic carbocycles. The number of nitrogens with one attached hydrogen (secondary N) is 1. The second-order valence-corrected chi connectivity index (χ2v) is 5.49. The Morgan fingerprint density at radius 2 is 2.06 bits per heavy atom. The van der Waals surface area contributed by atoms with E-state index in [2.05, 4.69) is 12.2 Å². The first-order chi connectivity index (χ1) is 8.36. The zero-order chi connectivity index (χ0) is 13.9. The van der Waals surface area contributed by atoms with Gasteiger partial charge in [-0.1, -0.05) is 27.2 Å². The lowest BCUT2D eigenvalue weighted by Crippen LogP contribution is -2.51. The second-order valence-electron chi connectivity index (χ2n) is 5.49. The van der Waals surface area contributed by atoms with Crippen molar-refractivity contribution in [3.8, 4) is 0 Å². The van der Waals surface area contributed by atoms with Gasteiger partial charge >= 0.3 is 12.0 Å². The van der Waals surface area contributed by atoms with E-state index in [1.54, 1.807) is 4.90 Å². The molecule has 0 radical (unpaired) electrons. The zero-order valence-electron chi connectivity index (χ0n) is 11.6. The van der Waals surface area contributed by atoms with E-state index in [0.717, 1.165) is 12.8 Å². The monoisotopic (exact) mass is 256 g/mol. The molecular weight excluding hydrogens is 232 g/mol. The maximum atomic E-state index is 12.1. The van der Waals surface area contributed by atoms with Gasteiger partial charge in [0.25, 0.3) is 0 Å². The number of carbonyl (C=O) groups excluding carboxylic acids is 1. The molecule has 1 aliphatic heterocycles. The number of carbonyl (C=O) groups is 2. The second kappa shape index (κ2) is 6.07. The summed E-state index contributed by atoms with van der Waals surface area (Å²) in [4.78, 5) is 25.0. The largest absolute Gasteiger partial charge is 0.480 e. The molecule has 5 heteroatoms. The first kappa shape index (κ1) is 14.8. The summed E-state index contributed by atoms with van der Waals surface area (Å²) in [7, 11) is 0. The highest BCUT2D eigenvalue weighted by molar-refractivity contribution is 5.83. The number of carboxylic acid groups (broad SMARTS) is 1. The van der Waals surface area contributed by atoms with Gasteiger partial charge in [0, 0.05) is 12.6 Å². The van der Waals surface area contributed by atoms with Crippen LogP contribution in [0, 0.1) is 11.8 Å². The maximum absolute atomic E-state index is 12.1. The SMILES string of the molecule is CCC(C)C(NC(=O)N1CC(C)CC1C)C(=O)O. The minimum Gasteiger partial charge on any atom is -0.480 e. The van der Waals surface area contributed by atoms with Crippen molar-refractivity contribution >= 4 is 12.0 Å². The standard InChI is InChI=1S/C13H24N2O3/c1-5-9(3)11(12(16)17)14-13(18)15-7-8(2)6-10(15)4/h8-11H,5-7H2,1-4H3,(H,14,18)(H,16,17). The van der Waals surface area contributed by atoms with Crippen LogP contribution in [0.1, 0.15) is 40.5 Å². The summed E-state index contributed by atoms with van der Waals surface area (Å²) in [5.74, 6) is -0.544. The fourth-order valence-corrected chi connectivity index (χ4v) is 2.48. The lowest BCUT2D eigenvalue weighted by atomic mass is 9.99. The van der Waals surface area contributed by atoms with E-state index in [-0.39, 0.29) is 18.0 Å². The van der Waals surface area contributed by atoms with Crippen molar-refractivity contribution in [2.24, 2.45) is 11.8 Å². The summed E-state index contributed by atoms with van der Waals surface area (Å²) < 4.78 is 0. The molecule has 0 aromatic heterocycles. The lowest BCUT2D eigenvalue weighted by Gasteiger charge is -2.26. The number of nitrogens with zero attached hydrogens (tertiary/aromatic N) is 1. The van der Waals surface area contributed by atoms with Crippen molar-refractivity contribution in [2.45, 2.75) is 52.6 Å². The Morgan fingerprint density at radius 1 is 1.44 bits per heavy atom. The number of urea groups is 1. The third-order valence-electron chi connectivity index (χ3n) is 3.80. The quantitative estimate of drug-likeness (QED) is 0.807. The first-order valence-electron chi connectivity index (χ1n) is 6.66. The lowest BCUT2D eigenvalue weighted by molar-refractivity contribution is -0.140. The predicted molar refractivity (Wildman–Crippen MR) is 69.4 cm³/mol. The molecule has 2 amide bonds. The maximum Gasteiger partial charge on any atom is 0.326 e. The number of amides is 2. The Morgan fingerprint density at radius 3 is 2.44 bits per heavy atom. The zero-order valence-corrected chi connectivity index (χ0v) is 11.6. The van der Waals surface area contributed by atoms with Crippen molar-refractivity contribution in [3.05, 3.63) is 0 Å². The van der Waals surface area contributed by atoms with Crippen molar-refractivity contribution in [1.29, 1.82) is 0 Å². The smallest absolute Gasteiger partial charge is 0.326 e. The fourth-order valence-electron chi connectivity index (χ4n) is 2.48. The Balaban J connectivity index is 2.64. The molecule has 4 atom stereocenters. The molecule has 1 heterocycles. The van der Waals surface area contributed by atoms with Crippen LogP contribution in [0.25, 0.3) is 0 Å². The van der Waals surface area contributed by atoms with Crippen LogP contribution >= 0.6 is 0 Å². The molecule has 0 bridgehead atoms. The highest BCUT2D eigenvalue weighted by atomic mass is 16.4. The highest BCUT2D eigenvalue weighted by Gasteiger charge is 2.33. The number of carboxylic acids is 1. The fraction of sp³-hybridized carbons (Fsp3) is 0.846. The normalized spacial score (nSPS) is 26.8. The molecule has 2 N–H and O–H groups in total. The van der Waals surface area contributed by atoms with Gasteiger partial charge in [0.2, 0.25) is 0 Å². The van der Waals surface area contributed by atoms with E-state index < -0.39 is 12.0 Å². The first-order valence-corrected chi connectivity index (χ1v) is 6.66. The van der Waals surface area contributed by atoms with Gasteiger partial charge in [-0.3, -0.25) is 0 Å². The number of hydrogen-bond donors (Lipinski definition) is 2. The van der Waals surface area contributed by atoms with Crippen LogP contribution in [0.15, 0.2) is 0 Å². The van der Waals surface area contributed by atoms with Gasteiger partial charge in [-0.15, -0.1) is 0 Å². The van der Waals surface area contributed by atoms with Crippen LogP contribution in [-0.2, 0) is 4.79 Å². The van der Waals surface area contributed by atoms with E-state index in [1.165, 1.54) is 0 Å². The molecule has 104 valence electrons. The average Bonchev–Trinajstić information content (AvgIpc) is 2.63. The van der Waals surface area contributed by atoms with E-state index in [1.807, 2.05) is 20.8 Å². The predicted octanol–water partition coefficient (Wildman–Crippen LogP) is 1.93.